The predicted octanol–water partition coefficient (Wildman–Crippen LogP) is 2.76. The van der Waals surface area contributed by atoms with Crippen LogP contribution in [0.5, 0.6) is 0 Å². The molecule has 31 heavy (non-hydrogen) atoms. The molecule has 8 heteroatoms. The van der Waals surface area contributed by atoms with Crippen molar-refractivity contribution in [3.05, 3.63) is 77.5 Å². The minimum atomic E-state index is -0.516. The largest absolute Gasteiger partial charge is 0.394 e. The SMILES string of the molecule is C=CC1=C(C=C)c2c(c(C(=O)N3C[C@H]4O[C@H](CO)[C@@H](C3)O4)nn2-c2ccccc2)CS1. The van der Waals surface area contributed by atoms with E-state index in [1.165, 1.54) is 0 Å². The molecule has 0 spiro atoms. The molecule has 2 saturated heterocycles. The summed E-state index contributed by atoms with van der Waals surface area (Å²) >= 11 is 1.63. The lowest BCUT2D eigenvalue weighted by Crippen LogP contribution is -2.47. The van der Waals surface area contributed by atoms with E-state index in [-0.39, 0.29) is 18.6 Å². The van der Waals surface area contributed by atoms with E-state index in [4.69, 9.17) is 14.6 Å². The summed E-state index contributed by atoms with van der Waals surface area (Å²) < 4.78 is 13.2. The Hall–Kier alpha value is -2.65. The number of amides is 1. The fourth-order valence-electron chi connectivity index (χ4n) is 4.29. The number of carbonyl (C=O) groups excluding carboxylic acids is 1. The number of ether oxygens (including phenoxy) is 2. The number of hydrogen-bond acceptors (Lipinski definition) is 6. The number of thioether (sulfide) groups is 1. The standard InChI is InChI=1S/C23H23N3O4S/c1-3-15-19(4-2)31-13-16-21(24-26(22(15)16)14-8-6-5-7-9-14)23(28)25-10-17-18(12-27)30-20(11-25)29-17/h3-9,17-18,20,27H,1-2,10-13H2/t17-,18-,20-/m1/s1. The van der Waals surface area contributed by atoms with Gasteiger partial charge < -0.3 is 19.5 Å². The predicted molar refractivity (Wildman–Crippen MR) is 119 cm³/mol. The van der Waals surface area contributed by atoms with E-state index in [9.17, 15) is 9.90 Å². The van der Waals surface area contributed by atoms with Crippen LogP contribution < -0.4 is 0 Å². The Morgan fingerprint density at radius 2 is 2.03 bits per heavy atom. The number of morpholine rings is 1. The highest BCUT2D eigenvalue weighted by atomic mass is 32.2. The second kappa shape index (κ2) is 8.12. The molecule has 0 aliphatic carbocycles. The second-order valence-electron chi connectivity index (χ2n) is 7.57. The number of aliphatic hydroxyl groups is 1. The van der Waals surface area contributed by atoms with Crippen molar-refractivity contribution in [1.82, 2.24) is 14.7 Å². The van der Waals surface area contributed by atoms with Gasteiger partial charge in [-0.2, -0.15) is 5.10 Å². The Morgan fingerprint density at radius 1 is 1.23 bits per heavy atom. The van der Waals surface area contributed by atoms with Crippen LogP contribution in [-0.2, 0) is 15.2 Å². The molecule has 1 amide bonds. The molecule has 5 rings (SSSR count). The number of aliphatic hydroxyl groups excluding tert-OH is 1. The number of carbonyl (C=O) groups is 1. The molecule has 2 fully saturated rings. The van der Waals surface area contributed by atoms with Crippen LogP contribution in [0.1, 0.15) is 21.7 Å². The van der Waals surface area contributed by atoms with Crippen LogP contribution in [0.2, 0.25) is 0 Å². The van der Waals surface area contributed by atoms with Gasteiger partial charge in [0.1, 0.15) is 12.2 Å². The zero-order valence-corrected chi connectivity index (χ0v) is 17.8. The van der Waals surface area contributed by atoms with Crippen LogP contribution in [0.3, 0.4) is 0 Å². The van der Waals surface area contributed by atoms with Crippen molar-refractivity contribution >= 4 is 23.2 Å². The average molecular weight is 438 g/mol. The van der Waals surface area contributed by atoms with Crippen molar-refractivity contribution in [3.8, 4) is 5.69 Å². The van der Waals surface area contributed by atoms with Crippen molar-refractivity contribution in [2.75, 3.05) is 19.7 Å². The van der Waals surface area contributed by atoms with Gasteiger partial charge in [0, 0.05) is 21.8 Å². The van der Waals surface area contributed by atoms with E-state index in [1.54, 1.807) is 22.7 Å². The van der Waals surface area contributed by atoms with Crippen LogP contribution in [-0.4, -0.2) is 63.9 Å². The minimum absolute atomic E-state index is 0.129. The summed E-state index contributed by atoms with van der Waals surface area (Å²) in [5.41, 5.74) is 3.98. The number of para-hydroxylation sites is 1. The van der Waals surface area contributed by atoms with E-state index in [1.807, 2.05) is 41.1 Å². The summed E-state index contributed by atoms with van der Waals surface area (Å²) in [6.07, 6.45) is 2.37. The lowest BCUT2D eigenvalue weighted by atomic mass is 10.0. The smallest absolute Gasteiger partial charge is 0.274 e. The average Bonchev–Trinajstić information content (AvgIpc) is 3.34. The molecule has 3 aliphatic heterocycles. The van der Waals surface area contributed by atoms with Crippen molar-refractivity contribution < 1.29 is 19.4 Å². The maximum atomic E-state index is 13.6. The van der Waals surface area contributed by atoms with Gasteiger partial charge in [-0.15, -0.1) is 11.8 Å². The lowest BCUT2D eigenvalue weighted by Gasteiger charge is -2.30. The van der Waals surface area contributed by atoms with Crippen LogP contribution in [0.15, 0.2) is 60.5 Å². The van der Waals surface area contributed by atoms with E-state index in [0.29, 0.717) is 24.5 Å². The Bertz CT molecular complexity index is 1080. The second-order valence-corrected chi connectivity index (χ2v) is 8.59. The molecule has 3 atom stereocenters. The fourth-order valence-corrected chi connectivity index (χ4v) is 5.32. The first-order valence-corrected chi connectivity index (χ1v) is 11.1. The highest BCUT2D eigenvalue weighted by Gasteiger charge is 2.44. The number of fused-ring (bicyclic) bond motifs is 3. The summed E-state index contributed by atoms with van der Waals surface area (Å²) in [5, 5.41) is 14.3. The minimum Gasteiger partial charge on any atom is -0.394 e. The molecular formula is C23H23N3O4S. The quantitative estimate of drug-likeness (QED) is 0.775. The van der Waals surface area contributed by atoms with Crippen LogP contribution in [0, 0.1) is 0 Å². The molecule has 1 aromatic carbocycles. The van der Waals surface area contributed by atoms with Crippen molar-refractivity contribution in [2.45, 2.75) is 24.3 Å². The topological polar surface area (TPSA) is 76.8 Å². The summed E-state index contributed by atoms with van der Waals surface area (Å²) in [7, 11) is 0. The van der Waals surface area contributed by atoms with E-state index < -0.39 is 12.4 Å². The molecule has 7 nitrogen and oxygen atoms in total. The third-order valence-corrected chi connectivity index (χ3v) is 6.90. The Morgan fingerprint density at radius 3 is 2.74 bits per heavy atom. The first kappa shape index (κ1) is 20.3. The molecule has 2 bridgehead atoms. The molecule has 4 heterocycles. The van der Waals surface area contributed by atoms with Gasteiger partial charge >= 0.3 is 0 Å². The van der Waals surface area contributed by atoms with Gasteiger partial charge in [0.05, 0.1) is 31.1 Å². The Labute approximate surface area is 184 Å². The molecule has 2 aromatic rings. The lowest BCUT2D eigenvalue weighted by molar-refractivity contribution is -0.104. The number of nitrogens with zero attached hydrogens (tertiary/aromatic N) is 3. The molecule has 1 N–H and O–H groups in total. The van der Waals surface area contributed by atoms with Crippen LogP contribution in [0.25, 0.3) is 11.3 Å². The third-order valence-electron chi connectivity index (χ3n) is 5.77. The summed E-state index contributed by atoms with van der Waals surface area (Å²) in [6, 6.07) is 9.76. The van der Waals surface area contributed by atoms with Gasteiger partial charge in [-0.25, -0.2) is 4.68 Å². The van der Waals surface area contributed by atoms with Gasteiger partial charge in [-0.1, -0.05) is 43.5 Å². The maximum Gasteiger partial charge on any atom is 0.274 e. The molecule has 1 aromatic heterocycles. The first-order valence-electron chi connectivity index (χ1n) is 10.1. The van der Waals surface area contributed by atoms with Crippen LogP contribution >= 0.6 is 11.8 Å². The zero-order chi connectivity index (χ0) is 21.5. The highest BCUT2D eigenvalue weighted by molar-refractivity contribution is 8.02. The van der Waals surface area contributed by atoms with Gasteiger partial charge in [-0.05, 0) is 12.1 Å². The highest BCUT2D eigenvalue weighted by Crippen LogP contribution is 2.41. The molecular weight excluding hydrogens is 414 g/mol. The van der Waals surface area contributed by atoms with E-state index in [2.05, 4.69) is 13.2 Å². The van der Waals surface area contributed by atoms with Crippen LogP contribution in [0.4, 0.5) is 0 Å². The zero-order valence-electron chi connectivity index (χ0n) is 16.9. The number of hydrogen-bond donors (Lipinski definition) is 1. The fraction of sp³-hybridized carbons (Fsp3) is 0.304. The number of benzene rings is 1. The summed E-state index contributed by atoms with van der Waals surface area (Å²) in [6.45, 7) is 8.47. The normalized spacial score (nSPS) is 24.8. The third kappa shape index (κ3) is 3.36. The summed E-state index contributed by atoms with van der Waals surface area (Å²) in [5.74, 6) is 0.465. The van der Waals surface area contributed by atoms with E-state index >= 15 is 0 Å². The molecule has 0 saturated carbocycles. The molecule has 3 aliphatic rings. The monoisotopic (exact) mass is 437 g/mol. The van der Waals surface area contributed by atoms with Gasteiger partial charge in [0.2, 0.25) is 0 Å². The van der Waals surface area contributed by atoms with E-state index in [0.717, 1.165) is 27.4 Å². The maximum absolute atomic E-state index is 13.6. The number of rotatable bonds is 5. The van der Waals surface area contributed by atoms with Gasteiger partial charge in [0.25, 0.3) is 5.91 Å². The van der Waals surface area contributed by atoms with Crippen molar-refractivity contribution in [3.63, 3.8) is 0 Å². The van der Waals surface area contributed by atoms with Crippen molar-refractivity contribution in [1.29, 1.82) is 0 Å². The molecule has 0 unspecified atom stereocenters. The summed E-state index contributed by atoms with van der Waals surface area (Å²) in [4.78, 5) is 16.3. The number of aromatic nitrogens is 2. The first-order chi connectivity index (χ1) is 15.1. The Balaban J connectivity index is 1.59. The molecule has 0 radical (unpaired) electrons. The van der Waals surface area contributed by atoms with Gasteiger partial charge in [0.15, 0.2) is 12.0 Å². The van der Waals surface area contributed by atoms with Gasteiger partial charge in [-0.3, -0.25) is 4.79 Å². The number of allylic oxidation sites excluding steroid dienone is 3. The molecule has 160 valence electrons. The Kier molecular flexibility index (Phi) is 5.31. The van der Waals surface area contributed by atoms with Crippen molar-refractivity contribution in [2.24, 2.45) is 0 Å².